The molecule has 174 valence electrons. The van der Waals surface area contributed by atoms with Crippen LogP contribution in [0.1, 0.15) is 41.3 Å². The lowest BCUT2D eigenvalue weighted by atomic mass is 9.94. The molecule has 2 atom stereocenters. The zero-order valence-electron chi connectivity index (χ0n) is 18.9. The summed E-state index contributed by atoms with van der Waals surface area (Å²) in [6.07, 6.45) is 1.76. The van der Waals surface area contributed by atoms with E-state index in [0.717, 1.165) is 43.5 Å². The summed E-state index contributed by atoms with van der Waals surface area (Å²) in [6, 6.07) is 3.63. The number of nitrogens with zero attached hydrogens (tertiary/aromatic N) is 2. The number of benzene rings is 1. The van der Waals surface area contributed by atoms with Crippen LogP contribution in [0.2, 0.25) is 0 Å². The van der Waals surface area contributed by atoms with E-state index in [9.17, 15) is 14.4 Å². The third-order valence-electron chi connectivity index (χ3n) is 6.64. The second-order valence-electron chi connectivity index (χ2n) is 8.68. The van der Waals surface area contributed by atoms with Crippen molar-refractivity contribution in [3.05, 3.63) is 28.8 Å². The zero-order chi connectivity index (χ0) is 22.7. The summed E-state index contributed by atoms with van der Waals surface area (Å²) in [5, 5.41) is 0. The molecule has 3 heterocycles. The lowest BCUT2D eigenvalue weighted by Gasteiger charge is -2.36. The monoisotopic (exact) mass is 444 g/mol. The van der Waals surface area contributed by atoms with E-state index < -0.39 is 17.8 Å². The van der Waals surface area contributed by atoms with Crippen LogP contribution < -0.4 is 4.74 Å². The summed E-state index contributed by atoms with van der Waals surface area (Å²) >= 11 is 0. The molecule has 0 N–H and O–H groups in total. The lowest BCUT2D eigenvalue weighted by molar-refractivity contribution is -0.149. The van der Waals surface area contributed by atoms with Gasteiger partial charge in [-0.05, 0) is 56.8 Å². The fourth-order valence-corrected chi connectivity index (χ4v) is 4.79. The number of fused-ring (bicyclic) bond motifs is 1. The number of likely N-dealkylation sites (tertiary alicyclic amines) is 1. The van der Waals surface area contributed by atoms with E-state index in [1.165, 1.54) is 0 Å². The Labute approximate surface area is 188 Å². The molecule has 2 fully saturated rings. The number of piperidine rings is 1. The van der Waals surface area contributed by atoms with Crippen molar-refractivity contribution >= 4 is 17.5 Å². The fourth-order valence-electron chi connectivity index (χ4n) is 4.79. The molecule has 0 spiro atoms. The summed E-state index contributed by atoms with van der Waals surface area (Å²) in [6.45, 7) is 8.86. The Morgan fingerprint density at radius 3 is 2.72 bits per heavy atom. The Kier molecular flexibility index (Phi) is 7.23. The number of hydrogen-bond acceptors (Lipinski definition) is 8. The van der Waals surface area contributed by atoms with Gasteiger partial charge in [-0.1, -0.05) is 6.07 Å². The van der Waals surface area contributed by atoms with Crippen molar-refractivity contribution in [2.45, 2.75) is 39.3 Å². The normalized spacial score (nSPS) is 24.7. The third-order valence-corrected chi connectivity index (χ3v) is 6.64. The molecular formula is C24H32N2O6. The molecule has 0 saturated carbocycles. The van der Waals surface area contributed by atoms with E-state index >= 15 is 0 Å². The van der Waals surface area contributed by atoms with Crippen LogP contribution >= 0.6 is 0 Å². The Bertz CT molecular complexity index is 879. The number of carbonyl (C=O) groups excluding carboxylic acids is 3. The number of ketones is 2. The third kappa shape index (κ3) is 4.72. The molecule has 2 saturated heterocycles. The van der Waals surface area contributed by atoms with Gasteiger partial charge in [0.15, 0.2) is 0 Å². The molecule has 0 bridgehead atoms. The number of hydrogen-bond donors (Lipinski definition) is 0. The lowest BCUT2D eigenvalue weighted by Crippen LogP contribution is -2.54. The van der Waals surface area contributed by atoms with Crippen molar-refractivity contribution in [3.8, 4) is 5.75 Å². The summed E-state index contributed by atoms with van der Waals surface area (Å²) < 4.78 is 16.7. The summed E-state index contributed by atoms with van der Waals surface area (Å²) in [5.41, 5.74) is 2.34. The Hall–Kier alpha value is -2.29. The summed E-state index contributed by atoms with van der Waals surface area (Å²) in [5.74, 6) is -0.635. The topological polar surface area (TPSA) is 85.4 Å². The first-order valence-corrected chi connectivity index (χ1v) is 11.6. The van der Waals surface area contributed by atoms with Crippen molar-refractivity contribution in [2.75, 3.05) is 52.5 Å². The maximum Gasteiger partial charge on any atom is 0.310 e. The molecule has 1 aromatic carbocycles. The number of esters is 1. The number of carbonyl (C=O) groups is 3. The van der Waals surface area contributed by atoms with Gasteiger partial charge in [0.2, 0.25) is 12.0 Å². The van der Waals surface area contributed by atoms with E-state index in [1.54, 1.807) is 6.07 Å². The molecule has 32 heavy (non-hydrogen) atoms. The first-order valence-electron chi connectivity index (χ1n) is 11.6. The SMILES string of the molecule is CCOC(=O)C1CCCN(CCc2ccc3c(c2C)OC(N2CCOCC2)C(=O)C3=O)C1. The van der Waals surface area contributed by atoms with Crippen LogP contribution in [0.5, 0.6) is 5.75 Å². The molecule has 0 amide bonds. The molecule has 4 rings (SSSR count). The number of morpholine rings is 1. The van der Waals surface area contributed by atoms with Gasteiger partial charge in [-0.15, -0.1) is 0 Å². The predicted octanol–water partition coefficient (Wildman–Crippen LogP) is 1.62. The number of rotatable bonds is 6. The smallest absolute Gasteiger partial charge is 0.310 e. The van der Waals surface area contributed by atoms with Gasteiger partial charge in [0.05, 0.1) is 31.3 Å². The molecule has 0 radical (unpaired) electrons. The molecule has 0 aromatic heterocycles. The van der Waals surface area contributed by atoms with Crippen LogP contribution in [0.3, 0.4) is 0 Å². The Morgan fingerprint density at radius 1 is 1.19 bits per heavy atom. The van der Waals surface area contributed by atoms with E-state index in [0.29, 0.717) is 50.8 Å². The standard InChI is InChI=1S/C24H32N2O6/c1-3-31-24(29)18-5-4-9-25(15-18)10-8-17-6-7-19-20(27)21(28)23(32-22(19)16(17)2)26-11-13-30-14-12-26/h6-7,18,23H,3-5,8-15H2,1-2H3. The van der Waals surface area contributed by atoms with Gasteiger partial charge in [-0.2, -0.15) is 0 Å². The van der Waals surface area contributed by atoms with E-state index in [-0.39, 0.29) is 11.9 Å². The molecule has 8 nitrogen and oxygen atoms in total. The van der Waals surface area contributed by atoms with Gasteiger partial charge in [0, 0.05) is 26.2 Å². The average Bonchev–Trinajstić information content (AvgIpc) is 2.82. The molecule has 0 aliphatic carbocycles. The highest BCUT2D eigenvalue weighted by Crippen LogP contribution is 2.33. The van der Waals surface area contributed by atoms with E-state index in [1.807, 2.05) is 24.8 Å². The van der Waals surface area contributed by atoms with E-state index in [4.69, 9.17) is 14.2 Å². The van der Waals surface area contributed by atoms with Gasteiger partial charge in [0.1, 0.15) is 5.75 Å². The van der Waals surface area contributed by atoms with Crippen LogP contribution in [0, 0.1) is 12.8 Å². The first kappa shape index (κ1) is 22.9. The molecule has 2 unspecified atom stereocenters. The Morgan fingerprint density at radius 2 is 1.97 bits per heavy atom. The van der Waals surface area contributed by atoms with Crippen LogP contribution in [0.4, 0.5) is 0 Å². The highest BCUT2D eigenvalue weighted by atomic mass is 16.5. The van der Waals surface area contributed by atoms with Crippen molar-refractivity contribution in [2.24, 2.45) is 5.92 Å². The fraction of sp³-hybridized carbons (Fsp3) is 0.625. The minimum Gasteiger partial charge on any atom is -0.466 e. The Balaban J connectivity index is 1.45. The maximum atomic E-state index is 12.8. The highest BCUT2D eigenvalue weighted by Gasteiger charge is 2.40. The predicted molar refractivity (Wildman–Crippen MR) is 117 cm³/mol. The minimum absolute atomic E-state index is 0.0606. The van der Waals surface area contributed by atoms with Gasteiger partial charge in [0.25, 0.3) is 5.78 Å². The second-order valence-corrected chi connectivity index (χ2v) is 8.68. The van der Waals surface area contributed by atoms with Crippen molar-refractivity contribution in [1.82, 2.24) is 9.80 Å². The van der Waals surface area contributed by atoms with Crippen molar-refractivity contribution in [3.63, 3.8) is 0 Å². The van der Waals surface area contributed by atoms with Crippen LogP contribution in [-0.4, -0.2) is 86.1 Å². The minimum atomic E-state index is -0.875. The molecule has 1 aromatic rings. The van der Waals surface area contributed by atoms with Gasteiger partial charge in [-0.25, -0.2) is 0 Å². The largest absolute Gasteiger partial charge is 0.466 e. The molecule has 3 aliphatic heterocycles. The average molecular weight is 445 g/mol. The van der Waals surface area contributed by atoms with Crippen molar-refractivity contribution < 1.29 is 28.6 Å². The van der Waals surface area contributed by atoms with Crippen molar-refractivity contribution in [1.29, 1.82) is 0 Å². The number of ether oxygens (including phenoxy) is 3. The van der Waals surface area contributed by atoms with Crippen LogP contribution in [-0.2, 0) is 25.5 Å². The highest BCUT2D eigenvalue weighted by molar-refractivity contribution is 6.46. The van der Waals surface area contributed by atoms with Gasteiger partial charge < -0.3 is 19.1 Å². The maximum absolute atomic E-state index is 12.8. The zero-order valence-corrected chi connectivity index (χ0v) is 18.9. The van der Waals surface area contributed by atoms with Crippen LogP contribution in [0.15, 0.2) is 12.1 Å². The van der Waals surface area contributed by atoms with E-state index in [2.05, 4.69) is 4.90 Å². The quantitative estimate of drug-likeness (QED) is 0.483. The molecular weight excluding hydrogens is 412 g/mol. The van der Waals surface area contributed by atoms with Crippen LogP contribution in [0.25, 0.3) is 0 Å². The van der Waals surface area contributed by atoms with Gasteiger partial charge >= 0.3 is 5.97 Å². The number of Topliss-reactive ketones (excluding diaryl/α,β-unsaturated/α-hetero) is 2. The van der Waals surface area contributed by atoms with Gasteiger partial charge in [-0.3, -0.25) is 19.3 Å². The first-order chi connectivity index (χ1) is 15.5. The summed E-state index contributed by atoms with van der Waals surface area (Å²) in [4.78, 5) is 41.7. The molecule has 3 aliphatic rings. The molecule has 8 heteroatoms. The summed E-state index contributed by atoms with van der Waals surface area (Å²) in [7, 11) is 0. The second kappa shape index (κ2) is 10.1.